The SMILES string of the molecule is COc1cccc(S(=O)(=O)c2cnc3c(N4CCC(O)CC4)cccc3c2)c1.O=S([O-])[O-].[Na+].[Na+]. The van der Waals surface area contributed by atoms with Crippen LogP contribution in [0.2, 0.25) is 0 Å². The first-order valence-electron chi connectivity index (χ1n) is 9.70. The number of para-hydroxylation sites is 1. The Morgan fingerprint density at radius 3 is 2.29 bits per heavy atom. The van der Waals surface area contributed by atoms with Crippen LogP contribution in [0.25, 0.3) is 10.9 Å². The summed E-state index contributed by atoms with van der Waals surface area (Å²) in [6.07, 6.45) is 2.61. The molecule has 1 fully saturated rings. The van der Waals surface area contributed by atoms with Gasteiger partial charge in [-0.2, -0.15) is 0 Å². The average Bonchev–Trinajstić information content (AvgIpc) is 2.78. The molecule has 0 aliphatic carbocycles. The van der Waals surface area contributed by atoms with Gasteiger partial charge in [-0.25, -0.2) is 8.42 Å². The van der Waals surface area contributed by atoms with Crippen molar-refractivity contribution in [1.29, 1.82) is 0 Å². The van der Waals surface area contributed by atoms with E-state index in [-0.39, 0.29) is 75.0 Å². The number of nitrogens with zero attached hydrogens (tertiary/aromatic N) is 2. The maximum atomic E-state index is 13.0. The third kappa shape index (κ3) is 7.97. The van der Waals surface area contributed by atoms with Gasteiger partial charge in [-0.3, -0.25) is 9.19 Å². The average molecular weight is 525 g/mol. The summed E-state index contributed by atoms with van der Waals surface area (Å²) < 4.78 is 56.5. The van der Waals surface area contributed by atoms with Crippen molar-refractivity contribution >= 4 is 37.8 Å². The van der Waals surface area contributed by atoms with Crippen LogP contribution in [0.15, 0.2) is 64.5 Å². The van der Waals surface area contributed by atoms with Crippen LogP contribution in [0.5, 0.6) is 5.75 Å². The van der Waals surface area contributed by atoms with Gasteiger partial charge in [-0.05, 0) is 43.2 Å². The van der Waals surface area contributed by atoms with Crippen molar-refractivity contribution in [3.63, 3.8) is 0 Å². The molecule has 9 nitrogen and oxygen atoms in total. The summed E-state index contributed by atoms with van der Waals surface area (Å²) in [5.41, 5.74) is 1.73. The molecular weight excluding hydrogens is 502 g/mol. The maximum absolute atomic E-state index is 13.0. The summed E-state index contributed by atoms with van der Waals surface area (Å²) in [7, 11) is -2.19. The van der Waals surface area contributed by atoms with Crippen molar-refractivity contribution in [1.82, 2.24) is 4.98 Å². The van der Waals surface area contributed by atoms with Crippen LogP contribution < -0.4 is 68.8 Å². The van der Waals surface area contributed by atoms with Crippen molar-refractivity contribution in [2.75, 3.05) is 25.1 Å². The van der Waals surface area contributed by atoms with Gasteiger partial charge in [-0.15, -0.1) is 11.4 Å². The zero-order valence-electron chi connectivity index (χ0n) is 19.2. The number of hydrogen-bond donors (Lipinski definition) is 1. The van der Waals surface area contributed by atoms with Crippen LogP contribution in [0, 0.1) is 0 Å². The fraction of sp³-hybridized carbons (Fsp3) is 0.286. The first-order valence-corrected chi connectivity index (χ1v) is 12.2. The van der Waals surface area contributed by atoms with Crippen molar-refractivity contribution < 1.29 is 90.7 Å². The minimum absolute atomic E-state index is 0. The van der Waals surface area contributed by atoms with Crippen LogP contribution >= 0.6 is 0 Å². The van der Waals surface area contributed by atoms with E-state index in [0.717, 1.165) is 42.5 Å². The molecule has 0 spiro atoms. The largest absolute Gasteiger partial charge is 1.00 e. The molecule has 1 N–H and O–H groups in total. The molecule has 13 heteroatoms. The van der Waals surface area contributed by atoms with E-state index in [2.05, 4.69) is 9.88 Å². The van der Waals surface area contributed by atoms with Gasteiger partial charge in [0.05, 0.1) is 34.2 Å². The number of piperidine rings is 1. The molecule has 1 aromatic heterocycles. The number of aliphatic hydroxyl groups excluding tert-OH is 1. The Hall–Kier alpha value is -0.570. The fourth-order valence-corrected chi connectivity index (χ4v) is 4.81. The maximum Gasteiger partial charge on any atom is 1.00 e. The van der Waals surface area contributed by atoms with Gasteiger partial charge in [0.15, 0.2) is 0 Å². The number of anilines is 1. The quantitative estimate of drug-likeness (QED) is 0.267. The summed E-state index contributed by atoms with van der Waals surface area (Å²) in [5, 5.41) is 10.5. The first kappa shape index (κ1) is 31.5. The molecule has 4 rings (SSSR count). The summed E-state index contributed by atoms with van der Waals surface area (Å²) in [4.78, 5) is 7.02. The Morgan fingerprint density at radius 2 is 1.68 bits per heavy atom. The van der Waals surface area contributed by atoms with E-state index < -0.39 is 21.2 Å². The summed E-state index contributed by atoms with van der Waals surface area (Å²) in [6, 6.07) is 13.9. The van der Waals surface area contributed by atoms with E-state index in [4.69, 9.17) is 18.1 Å². The van der Waals surface area contributed by atoms with Crippen molar-refractivity contribution in [3.05, 3.63) is 54.7 Å². The number of benzene rings is 2. The predicted octanol–water partition coefficient (Wildman–Crippen LogP) is -3.96. The van der Waals surface area contributed by atoms with Crippen LogP contribution in [-0.2, 0) is 21.2 Å². The minimum atomic E-state index is -3.70. The van der Waals surface area contributed by atoms with Gasteiger partial charge in [-0.1, -0.05) is 18.2 Å². The monoisotopic (exact) mass is 524 g/mol. The van der Waals surface area contributed by atoms with E-state index in [0.29, 0.717) is 5.75 Å². The van der Waals surface area contributed by atoms with E-state index in [1.54, 1.807) is 24.3 Å². The molecule has 2 aromatic carbocycles. The molecule has 0 saturated carbocycles. The van der Waals surface area contributed by atoms with Crippen LogP contribution in [0.1, 0.15) is 12.8 Å². The topological polar surface area (TPSA) is 143 Å². The van der Waals surface area contributed by atoms with Gasteiger partial charge >= 0.3 is 59.1 Å². The van der Waals surface area contributed by atoms with E-state index in [9.17, 15) is 13.5 Å². The molecular formula is C21H22N2Na2O7S2. The molecule has 0 atom stereocenters. The van der Waals surface area contributed by atoms with Gasteiger partial charge in [0.25, 0.3) is 0 Å². The number of hydrogen-bond acceptors (Lipinski definition) is 9. The van der Waals surface area contributed by atoms with Crippen LogP contribution in [0.4, 0.5) is 5.69 Å². The zero-order valence-corrected chi connectivity index (χ0v) is 24.8. The second-order valence-electron chi connectivity index (χ2n) is 7.12. The summed E-state index contributed by atoms with van der Waals surface area (Å²) in [6.45, 7) is 1.51. The molecule has 0 unspecified atom stereocenters. The predicted molar refractivity (Wildman–Crippen MR) is 117 cm³/mol. The molecule has 2 heterocycles. The number of ether oxygens (including phenoxy) is 1. The molecule has 3 aromatic rings. The Bertz CT molecular complexity index is 1220. The minimum Gasteiger partial charge on any atom is -0.784 e. The number of rotatable bonds is 4. The molecule has 0 bridgehead atoms. The van der Waals surface area contributed by atoms with Crippen LogP contribution in [0.3, 0.4) is 0 Å². The Balaban J connectivity index is 0.000000895. The number of methoxy groups -OCH3 is 1. The Morgan fingerprint density at radius 1 is 1.06 bits per heavy atom. The van der Waals surface area contributed by atoms with E-state index >= 15 is 0 Å². The summed E-state index contributed by atoms with van der Waals surface area (Å²) >= 11 is -3.11. The molecule has 1 aliphatic rings. The Kier molecular flexibility index (Phi) is 13.2. The van der Waals surface area contributed by atoms with E-state index in [1.807, 2.05) is 18.2 Å². The Labute approximate surface area is 245 Å². The molecule has 172 valence electrons. The fourth-order valence-electron chi connectivity index (χ4n) is 3.54. The first-order chi connectivity index (χ1) is 15.2. The third-order valence-electron chi connectivity index (χ3n) is 5.13. The van der Waals surface area contributed by atoms with Crippen LogP contribution in [-0.4, -0.2) is 58.1 Å². The number of fused-ring (bicyclic) bond motifs is 1. The number of pyridine rings is 1. The van der Waals surface area contributed by atoms with Gasteiger partial charge in [0, 0.05) is 24.7 Å². The number of aromatic nitrogens is 1. The van der Waals surface area contributed by atoms with Gasteiger partial charge in [0.1, 0.15) is 5.75 Å². The van der Waals surface area contributed by atoms with Gasteiger partial charge in [0.2, 0.25) is 9.84 Å². The standard InChI is InChI=1S/C21H22N2O4S.2Na.H2O3S/c1-27-17-5-3-6-18(13-17)28(25,26)19-12-15-4-2-7-20(21(15)22-14-19)23-10-8-16(24)9-11-23;;;1-4(2)3/h2-7,12-14,16,24H,8-11H2,1H3;;;(H2,1,2,3)/q;2*+1;/p-2. The third-order valence-corrected chi connectivity index (χ3v) is 6.85. The molecule has 1 saturated heterocycles. The van der Waals surface area contributed by atoms with Crippen molar-refractivity contribution in [3.8, 4) is 5.75 Å². The molecule has 0 radical (unpaired) electrons. The van der Waals surface area contributed by atoms with Gasteiger partial charge < -0.3 is 23.8 Å². The number of aliphatic hydroxyl groups is 1. The van der Waals surface area contributed by atoms with Crippen molar-refractivity contribution in [2.24, 2.45) is 0 Å². The second-order valence-corrected chi connectivity index (χ2v) is 9.48. The smallest absolute Gasteiger partial charge is 0.784 e. The van der Waals surface area contributed by atoms with Crippen molar-refractivity contribution in [2.45, 2.75) is 28.7 Å². The molecule has 34 heavy (non-hydrogen) atoms. The molecule has 1 aliphatic heterocycles. The normalized spacial score (nSPS) is 14.0. The molecule has 0 amide bonds. The van der Waals surface area contributed by atoms with E-state index in [1.165, 1.54) is 19.4 Å². The zero-order chi connectivity index (χ0) is 23.3. The summed E-state index contributed by atoms with van der Waals surface area (Å²) in [5.74, 6) is 0.490. The number of sulfone groups is 1. The second kappa shape index (κ2) is 14.2.